The van der Waals surface area contributed by atoms with Crippen LogP contribution in [-0.2, 0) is 16.4 Å². The maximum absolute atomic E-state index is 12.8. The Morgan fingerprint density at radius 1 is 1.00 bits per heavy atom. The van der Waals surface area contributed by atoms with Crippen molar-refractivity contribution in [3.8, 4) is 0 Å². The van der Waals surface area contributed by atoms with Gasteiger partial charge in [0.25, 0.3) is 10.0 Å². The summed E-state index contributed by atoms with van der Waals surface area (Å²) in [5.74, 6) is 0. The van der Waals surface area contributed by atoms with Crippen molar-refractivity contribution in [2.45, 2.75) is 24.3 Å². The predicted octanol–water partition coefficient (Wildman–Crippen LogP) is 4.56. The Bertz CT molecular complexity index is 1190. The van der Waals surface area contributed by atoms with Gasteiger partial charge in [-0.2, -0.15) is 0 Å². The number of rotatable bonds is 8. The van der Waals surface area contributed by atoms with Crippen LogP contribution in [0.25, 0.3) is 0 Å². The summed E-state index contributed by atoms with van der Waals surface area (Å²) < 4.78 is 28.0. The molecule has 3 aromatic carbocycles. The SMILES string of the molecule is C[C@H](NC(=O)Nc1cc(CCO)ccc1NS(=O)(=O)c1ccccc1)c1ccccc1Cl. The van der Waals surface area contributed by atoms with Crippen molar-refractivity contribution in [1.29, 1.82) is 0 Å². The first-order valence-electron chi connectivity index (χ1n) is 9.94. The molecule has 0 fully saturated rings. The number of sulfonamides is 1. The van der Waals surface area contributed by atoms with Gasteiger partial charge in [0.05, 0.1) is 22.3 Å². The van der Waals surface area contributed by atoms with E-state index in [9.17, 15) is 18.3 Å². The highest BCUT2D eigenvalue weighted by Crippen LogP contribution is 2.27. The van der Waals surface area contributed by atoms with Crippen LogP contribution < -0.4 is 15.4 Å². The van der Waals surface area contributed by atoms with Crippen LogP contribution in [0.4, 0.5) is 16.2 Å². The second-order valence-electron chi connectivity index (χ2n) is 7.11. The molecule has 4 N–H and O–H groups in total. The highest BCUT2D eigenvalue weighted by Gasteiger charge is 2.18. The second kappa shape index (κ2) is 10.5. The van der Waals surface area contributed by atoms with Gasteiger partial charge in [-0.1, -0.05) is 54.1 Å². The van der Waals surface area contributed by atoms with E-state index in [4.69, 9.17) is 11.6 Å². The minimum absolute atomic E-state index is 0.0791. The van der Waals surface area contributed by atoms with E-state index in [1.54, 1.807) is 55.5 Å². The van der Waals surface area contributed by atoms with E-state index < -0.39 is 16.1 Å². The lowest BCUT2D eigenvalue weighted by Crippen LogP contribution is -2.31. The van der Waals surface area contributed by atoms with E-state index in [1.807, 2.05) is 12.1 Å². The molecule has 0 aliphatic carbocycles. The van der Waals surface area contributed by atoms with E-state index in [1.165, 1.54) is 12.1 Å². The quantitative estimate of drug-likeness (QED) is 0.384. The number of aliphatic hydroxyl groups is 1. The number of anilines is 2. The van der Waals surface area contributed by atoms with Crippen LogP contribution in [0, 0.1) is 0 Å². The highest BCUT2D eigenvalue weighted by atomic mass is 35.5. The smallest absolute Gasteiger partial charge is 0.319 e. The molecule has 1 atom stereocenters. The topological polar surface area (TPSA) is 108 Å². The van der Waals surface area contributed by atoms with Gasteiger partial charge in [-0.3, -0.25) is 4.72 Å². The third kappa shape index (κ3) is 6.00. The van der Waals surface area contributed by atoms with Crippen molar-refractivity contribution in [2.24, 2.45) is 0 Å². The molecule has 0 saturated carbocycles. The first-order chi connectivity index (χ1) is 15.3. The van der Waals surface area contributed by atoms with E-state index in [0.717, 1.165) is 11.1 Å². The Labute approximate surface area is 192 Å². The summed E-state index contributed by atoms with van der Waals surface area (Å²) in [6.45, 7) is 1.71. The molecule has 0 heterocycles. The number of amides is 2. The number of hydrogen-bond donors (Lipinski definition) is 4. The molecule has 0 saturated heterocycles. The van der Waals surface area contributed by atoms with Crippen LogP contribution in [0.1, 0.15) is 24.1 Å². The van der Waals surface area contributed by atoms with Gasteiger partial charge in [0.1, 0.15) is 0 Å². The Morgan fingerprint density at radius 2 is 1.69 bits per heavy atom. The molecular weight excluding hydrogens is 450 g/mol. The molecule has 0 spiro atoms. The molecule has 9 heteroatoms. The van der Waals surface area contributed by atoms with Crippen molar-refractivity contribution < 1.29 is 18.3 Å². The Balaban J connectivity index is 1.83. The van der Waals surface area contributed by atoms with E-state index in [-0.39, 0.29) is 28.9 Å². The molecule has 0 radical (unpaired) electrons. The highest BCUT2D eigenvalue weighted by molar-refractivity contribution is 7.92. The average molecular weight is 474 g/mol. The molecule has 0 aliphatic heterocycles. The van der Waals surface area contributed by atoms with Gasteiger partial charge in [-0.25, -0.2) is 13.2 Å². The van der Waals surface area contributed by atoms with Crippen molar-refractivity contribution in [2.75, 3.05) is 16.6 Å². The lowest BCUT2D eigenvalue weighted by atomic mass is 10.1. The monoisotopic (exact) mass is 473 g/mol. The summed E-state index contributed by atoms with van der Waals surface area (Å²) in [5.41, 5.74) is 1.96. The summed E-state index contributed by atoms with van der Waals surface area (Å²) in [5, 5.41) is 15.3. The minimum Gasteiger partial charge on any atom is -0.396 e. The lowest BCUT2D eigenvalue weighted by molar-refractivity contribution is 0.249. The summed E-state index contributed by atoms with van der Waals surface area (Å²) in [6.07, 6.45) is 0.359. The molecule has 168 valence electrons. The molecule has 32 heavy (non-hydrogen) atoms. The fourth-order valence-electron chi connectivity index (χ4n) is 3.13. The number of hydrogen-bond acceptors (Lipinski definition) is 4. The summed E-state index contributed by atoms with van der Waals surface area (Å²) in [7, 11) is -3.86. The molecule has 0 aliphatic rings. The normalized spacial score (nSPS) is 12.1. The first-order valence-corrected chi connectivity index (χ1v) is 11.8. The molecular formula is C23H24ClN3O4S. The van der Waals surface area contributed by atoms with Crippen molar-refractivity contribution in [3.63, 3.8) is 0 Å². The van der Waals surface area contributed by atoms with Gasteiger partial charge in [-0.05, 0) is 54.8 Å². The Hall–Kier alpha value is -3.07. The zero-order valence-corrected chi connectivity index (χ0v) is 19.0. The number of carbonyl (C=O) groups is 1. The van der Waals surface area contributed by atoms with Gasteiger partial charge < -0.3 is 15.7 Å². The van der Waals surface area contributed by atoms with E-state index >= 15 is 0 Å². The maximum atomic E-state index is 12.8. The number of nitrogens with one attached hydrogen (secondary N) is 3. The van der Waals surface area contributed by atoms with Crippen LogP contribution >= 0.6 is 11.6 Å². The molecule has 0 aromatic heterocycles. The van der Waals surface area contributed by atoms with Crippen molar-refractivity contribution in [3.05, 3.63) is 88.9 Å². The average Bonchev–Trinajstić information content (AvgIpc) is 2.76. The van der Waals surface area contributed by atoms with Gasteiger partial charge in [0.2, 0.25) is 0 Å². The molecule has 0 bridgehead atoms. The summed E-state index contributed by atoms with van der Waals surface area (Å²) in [4.78, 5) is 12.8. The zero-order chi connectivity index (χ0) is 23.1. The predicted molar refractivity (Wildman–Crippen MR) is 127 cm³/mol. The first kappa shape index (κ1) is 23.6. The molecule has 3 rings (SSSR count). The number of carbonyl (C=O) groups excluding carboxylic acids is 1. The number of halogens is 1. The van der Waals surface area contributed by atoms with Crippen LogP contribution in [0.2, 0.25) is 5.02 Å². The fourth-order valence-corrected chi connectivity index (χ4v) is 4.53. The third-order valence-electron chi connectivity index (χ3n) is 4.75. The van der Waals surface area contributed by atoms with Crippen LogP contribution in [0.3, 0.4) is 0 Å². The Morgan fingerprint density at radius 3 is 2.38 bits per heavy atom. The minimum atomic E-state index is -3.86. The van der Waals surface area contributed by atoms with Crippen LogP contribution in [0.15, 0.2) is 77.7 Å². The second-order valence-corrected chi connectivity index (χ2v) is 9.20. The van der Waals surface area contributed by atoms with Crippen LogP contribution in [-0.4, -0.2) is 26.2 Å². The standard InChI is InChI=1S/C23H24ClN3O4S/c1-16(19-9-5-6-10-20(19)24)25-23(29)26-22-15-17(13-14-28)11-12-21(22)27-32(30,31)18-7-3-2-4-8-18/h2-12,15-16,27-28H,13-14H2,1H3,(H2,25,26,29)/t16-/m0/s1. The van der Waals surface area contributed by atoms with Gasteiger partial charge in [-0.15, -0.1) is 0 Å². The zero-order valence-electron chi connectivity index (χ0n) is 17.4. The largest absolute Gasteiger partial charge is 0.396 e. The lowest BCUT2D eigenvalue weighted by Gasteiger charge is -2.18. The maximum Gasteiger partial charge on any atom is 0.319 e. The molecule has 3 aromatic rings. The van der Waals surface area contributed by atoms with Crippen LogP contribution in [0.5, 0.6) is 0 Å². The molecule has 2 amide bonds. The Kier molecular flexibility index (Phi) is 7.74. The molecule has 0 unspecified atom stereocenters. The summed E-state index contributed by atoms with van der Waals surface area (Å²) in [6, 6.07) is 19.1. The number of benzene rings is 3. The van der Waals surface area contributed by atoms with Gasteiger partial charge in [0, 0.05) is 11.6 Å². The number of urea groups is 1. The van der Waals surface area contributed by atoms with E-state index in [2.05, 4.69) is 15.4 Å². The van der Waals surface area contributed by atoms with Gasteiger partial charge in [0.15, 0.2) is 0 Å². The summed E-state index contributed by atoms with van der Waals surface area (Å²) >= 11 is 6.20. The van der Waals surface area contributed by atoms with Crippen molar-refractivity contribution in [1.82, 2.24) is 5.32 Å². The molecule has 7 nitrogen and oxygen atoms in total. The van der Waals surface area contributed by atoms with E-state index in [0.29, 0.717) is 11.4 Å². The third-order valence-corrected chi connectivity index (χ3v) is 6.48. The fraction of sp³-hybridized carbons (Fsp3) is 0.174. The van der Waals surface area contributed by atoms with Gasteiger partial charge >= 0.3 is 6.03 Å². The van der Waals surface area contributed by atoms with Crippen molar-refractivity contribution >= 4 is 39.0 Å². The number of aliphatic hydroxyl groups excluding tert-OH is 1.